The van der Waals surface area contributed by atoms with Crippen LogP contribution in [0.1, 0.15) is 11.1 Å². The van der Waals surface area contributed by atoms with Crippen molar-refractivity contribution in [2.45, 2.75) is 6.42 Å². The highest BCUT2D eigenvalue weighted by atomic mass is 16.5. The van der Waals surface area contributed by atoms with E-state index in [2.05, 4.69) is 5.16 Å². The fourth-order valence-electron chi connectivity index (χ4n) is 2.63. The van der Waals surface area contributed by atoms with Crippen LogP contribution < -0.4 is 23.7 Å². The van der Waals surface area contributed by atoms with Crippen molar-refractivity contribution in [1.82, 2.24) is 0 Å². The van der Waals surface area contributed by atoms with Crippen LogP contribution in [0.4, 0.5) is 0 Å². The zero-order valence-corrected chi connectivity index (χ0v) is 15.5. The third kappa shape index (κ3) is 3.93. The zero-order valence-electron chi connectivity index (χ0n) is 15.5. The highest BCUT2D eigenvalue weighted by Gasteiger charge is 2.17. The van der Waals surface area contributed by atoms with Gasteiger partial charge in [0.1, 0.15) is 0 Å². The van der Waals surface area contributed by atoms with E-state index in [4.69, 9.17) is 23.7 Å². The average Bonchev–Trinajstić information content (AvgIpc) is 2.70. The molecule has 0 radical (unpaired) electrons. The van der Waals surface area contributed by atoms with Crippen LogP contribution in [-0.4, -0.2) is 46.5 Å². The molecule has 0 aromatic heterocycles. The Bertz CT molecular complexity index is 763. The van der Waals surface area contributed by atoms with Gasteiger partial charge in [0.2, 0.25) is 5.75 Å². The Kier molecular flexibility index (Phi) is 6.54. The van der Waals surface area contributed by atoms with E-state index in [1.54, 1.807) is 32.4 Å². The topological polar surface area (TPSA) is 78.7 Å². The molecule has 1 N–H and O–H groups in total. The highest BCUT2D eigenvalue weighted by Crippen LogP contribution is 2.38. The van der Waals surface area contributed by atoms with E-state index < -0.39 is 0 Å². The Labute approximate surface area is 152 Å². The van der Waals surface area contributed by atoms with Gasteiger partial charge >= 0.3 is 0 Å². The van der Waals surface area contributed by atoms with Gasteiger partial charge in [0.25, 0.3) is 0 Å². The van der Waals surface area contributed by atoms with E-state index in [-0.39, 0.29) is 0 Å². The molecule has 0 saturated heterocycles. The minimum absolute atomic E-state index is 0.371. The Balaban J connectivity index is 2.40. The molecule has 2 rings (SSSR count). The second kappa shape index (κ2) is 8.84. The van der Waals surface area contributed by atoms with Crippen molar-refractivity contribution in [2.24, 2.45) is 5.16 Å². The summed E-state index contributed by atoms with van der Waals surface area (Å²) in [5, 5.41) is 13.0. The fraction of sp³-hybridized carbons (Fsp3) is 0.316. The first kappa shape index (κ1) is 19.2. The number of rotatable bonds is 8. The van der Waals surface area contributed by atoms with Crippen LogP contribution in [0.15, 0.2) is 35.5 Å². The molecule has 7 heteroatoms. The number of hydrogen-bond acceptors (Lipinski definition) is 7. The predicted octanol–water partition coefficient (Wildman–Crippen LogP) is 3.15. The molecule has 0 aliphatic rings. The van der Waals surface area contributed by atoms with E-state index >= 15 is 0 Å². The Hall–Kier alpha value is -3.09. The van der Waals surface area contributed by atoms with Gasteiger partial charge in [-0.25, -0.2) is 0 Å². The van der Waals surface area contributed by atoms with E-state index in [0.29, 0.717) is 46.4 Å². The molecule has 0 bridgehead atoms. The summed E-state index contributed by atoms with van der Waals surface area (Å²) in [7, 11) is 7.75. The quantitative estimate of drug-likeness (QED) is 0.442. The lowest BCUT2D eigenvalue weighted by atomic mass is 10.0. The molecule has 0 aliphatic carbocycles. The molecule has 0 unspecified atom stereocenters. The van der Waals surface area contributed by atoms with Gasteiger partial charge in [-0.1, -0.05) is 11.2 Å². The maximum absolute atomic E-state index is 9.54. The van der Waals surface area contributed by atoms with E-state index in [9.17, 15) is 5.21 Å². The van der Waals surface area contributed by atoms with Crippen molar-refractivity contribution >= 4 is 5.71 Å². The van der Waals surface area contributed by atoms with Crippen molar-refractivity contribution in [3.8, 4) is 28.7 Å². The molecule has 0 aliphatic heterocycles. The first-order valence-corrected chi connectivity index (χ1v) is 7.84. The van der Waals surface area contributed by atoms with Gasteiger partial charge < -0.3 is 28.9 Å². The summed E-state index contributed by atoms with van der Waals surface area (Å²) in [5.41, 5.74) is 1.98. The first-order chi connectivity index (χ1) is 12.6. The minimum atomic E-state index is 0.371. The van der Waals surface area contributed by atoms with Crippen LogP contribution in [0.3, 0.4) is 0 Å². The standard InChI is InChI=1S/C19H23NO6/c1-22-15-7-6-12(9-16(15)23-2)8-14(20-21)13-10-17(24-3)19(26-5)18(11-13)25-4/h6-7,9-11,21H,8H2,1-5H3. The lowest BCUT2D eigenvalue weighted by Gasteiger charge is -2.15. The van der Waals surface area contributed by atoms with E-state index in [1.165, 1.54) is 21.3 Å². The SMILES string of the molecule is COc1ccc(CC(=NO)c2cc(OC)c(OC)c(OC)c2)cc1OC. The number of oxime groups is 1. The molecule has 0 amide bonds. The second-order valence-corrected chi connectivity index (χ2v) is 5.33. The number of hydrogen-bond donors (Lipinski definition) is 1. The summed E-state index contributed by atoms with van der Waals surface area (Å²) < 4.78 is 26.6. The molecule has 2 aromatic carbocycles. The molecule has 7 nitrogen and oxygen atoms in total. The van der Waals surface area contributed by atoms with Gasteiger partial charge in [0.05, 0.1) is 41.3 Å². The summed E-state index contributed by atoms with van der Waals surface area (Å²) in [5.74, 6) is 2.67. The van der Waals surface area contributed by atoms with Crippen molar-refractivity contribution < 1.29 is 28.9 Å². The smallest absolute Gasteiger partial charge is 0.203 e. The first-order valence-electron chi connectivity index (χ1n) is 7.84. The lowest BCUT2D eigenvalue weighted by molar-refractivity contribution is 0.317. The predicted molar refractivity (Wildman–Crippen MR) is 97.7 cm³/mol. The minimum Gasteiger partial charge on any atom is -0.493 e. The summed E-state index contributed by atoms with van der Waals surface area (Å²) >= 11 is 0. The van der Waals surface area contributed by atoms with Crippen LogP contribution in [0.2, 0.25) is 0 Å². The molecule has 0 spiro atoms. The third-order valence-corrected chi connectivity index (χ3v) is 3.94. The van der Waals surface area contributed by atoms with Crippen molar-refractivity contribution in [3.63, 3.8) is 0 Å². The Morgan fingerprint density at radius 3 is 1.81 bits per heavy atom. The van der Waals surface area contributed by atoms with Crippen molar-refractivity contribution in [3.05, 3.63) is 41.5 Å². The maximum atomic E-state index is 9.54. The van der Waals surface area contributed by atoms with Crippen LogP contribution in [0.5, 0.6) is 28.7 Å². The summed E-state index contributed by atoms with van der Waals surface area (Å²) in [6.07, 6.45) is 0.371. The largest absolute Gasteiger partial charge is 0.493 e. The van der Waals surface area contributed by atoms with Crippen molar-refractivity contribution in [2.75, 3.05) is 35.5 Å². The molecule has 0 fully saturated rings. The number of ether oxygens (including phenoxy) is 5. The van der Waals surface area contributed by atoms with E-state index in [1.807, 2.05) is 12.1 Å². The molecule has 140 valence electrons. The van der Waals surface area contributed by atoms with Crippen LogP contribution >= 0.6 is 0 Å². The van der Waals surface area contributed by atoms with Gasteiger partial charge in [-0.15, -0.1) is 0 Å². The monoisotopic (exact) mass is 361 g/mol. The molecule has 0 atom stereocenters. The number of benzene rings is 2. The van der Waals surface area contributed by atoms with Gasteiger partial charge in [-0.05, 0) is 29.8 Å². The van der Waals surface area contributed by atoms with Crippen LogP contribution in [0.25, 0.3) is 0 Å². The Morgan fingerprint density at radius 1 is 0.769 bits per heavy atom. The molecule has 0 saturated carbocycles. The average molecular weight is 361 g/mol. The van der Waals surface area contributed by atoms with E-state index in [0.717, 1.165) is 5.56 Å². The lowest BCUT2D eigenvalue weighted by Crippen LogP contribution is -2.07. The zero-order chi connectivity index (χ0) is 19.1. The Morgan fingerprint density at radius 2 is 1.35 bits per heavy atom. The summed E-state index contributed by atoms with van der Waals surface area (Å²) in [6.45, 7) is 0. The van der Waals surface area contributed by atoms with Crippen LogP contribution in [0, 0.1) is 0 Å². The van der Waals surface area contributed by atoms with Crippen LogP contribution in [-0.2, 0) is 6.42 Å². The molecular formula is C19H23NO6. The maximum Gasteiger partial charge on any atom is 0.203 e. The van der Waals surface area contributed by atoms with Gasteiger partial charge in [0, 0.05) is 12.0 Å². The third-order valence-electron chi connectivity index (χ3n) is 3.94. The van der Waals surface area contributed by atoms with Gasteiger partial charge in [-0.3, -0.25) is 0 Å². The number of methoxy groups -OCH3 is 5. The molecule has 26 heavy (non-hydrogen) atoms. The highest BCUT2D eigenvalue weighted by molar-refractivity contribution is 6.02. The number of nitrogens with zero attached hydrogens (tertiary/aromatic N) is 1. The molecular weight excluding hydrogens is 338 g/mol. The second-order valence-electron chi connectivity index (χ2n) is 5.33. The summed E-state index contributed by atoms with van der Waals surface area (Å²) in [6, 6.07) is 8.99. The normalized spacial score (nSPS) is 11.0. The molecule has 0 heterocycles. The molecule has 2 aromatic rings. The van der Waals surface area contributed by atoms with Gasteiger partial charge in [0.15, 0.2) is 23.0 Å². The van der Waals surface area contributed by atoms with Crippen molar-refractivity contribution in [1.29, 1.82) is 0 Å². The fourth-order valence-corrected chi connectivity index (χ4v) is 2.63. The summed E-state index contributed by atoms with van der Waals surface area (Å²) in [4.78, 5) is 0. The van der Waals surface area contributed by atoms with Gasteiger partial charge in [-0.2, -0.15) is 0 Å².